The van der Waals surface area contributed by atoms with Gasteiger partial charge in [-0.25, -0.2) is 8.42 Å². The third kappa shape index (κ3) is 5.23. The number of halogens is 1. The molecule has 0 spiro atoms. The monoisotopic (exact) mass is 477 g/mol. The van der Waals surface area contributed by atoms with E-state index < -0.39 is 28.7 Å². The van der Waals surface area contributed by atoms with Crippen molar-refractivity contribution in [2.75, 3.05) is 19.0 Å². The number of nitrogens with one attached hydrogen (secondary N) is 1. The van der Waals surface area contributed by atoms with Crippen molar-refractivity contribution in [3.05, 3.63) is 46.5 Å². The summed E-state index contributed by atoms with van der Waals surface area (Å²) in [6.07, 6.45) is 3.96. The number of carbonyl (C=O) groups is 1. The summed E-state index contributed by atoms with van der Waals surface area (Å²) in [7, 11) is -8.10. The number of benzene rings is 1. The van der Waals surface area contributed by atoms with Gasteiger partial charge >= 0.3 is 7.60 Å². The molecule has 2 rings (SSSR count). The Morgan fingerprint density at radius 3 is 2.17 bits per heavy atom. The molecular formula is C20H29ClNO6PS. The Labute approximate surface area is 183 Å². The number of sulfonamides is 1. The first-order chi connectivity index (χ1) is 14.2. The lowest BCUT2D eigenvalue weighted by Crippen LogP contribution is -2.48. The fourth-order valence-electron chi connectivity index (χ4n) is 3.04. The van der Waals surface area contributed by atoms with E-state index in [0.29, 0.717) is 12.8 Å². The summed E-state index contributed by atoms with van der Waals surface area (Å²) in [6.45, 7) is 5.58. The number of hydrogen-bond acceptors (Lipinski definition) is 6. The number of fused-ring (bicyclic) bond motifs is 1. The van der Waals surface area contributed by atoms with E-state index in [0.717, 1.165) is 12.8 Å². The first kappa shape index (κ1) is 25.2. The summed E-state index contributed by atoms with van der Waals surface area (Å²) in [5, 5.41) is -2.18. The van der Waals surface area contributed by atoms with Gasteiger partial charge in [0, 0.05) is 11.1 Å². The van der Waals surface area contributed by atoms with Crippen LogP contribution in [0.1, 0.15) is 62.4 Å². The summed E-state index contributed by atoms with van der Waals surface area (Å²) >= 11 is 6.22. The summed E-state index contributed by atoms with van der Waals surface area (Å²) in [6, 6.07) is 6.33. The predicted octanol–water partition coefficient (Wildman–Crippen LogP) is 4.92. The van der Waals surface area contributed by atoms with Crippen LogP contribution in [0.3, 0.4) is 0 Å². The number of Topliss-reactive ketones (excluding diaryl/α,β-unsaturated/α-hetero) is 1. The molecule has 1 aliphatic rings. The normalized spacial score (nSPS) is 19.5. The SMILES string of the molecule is CCCCOP(=O)(OCCCC)C1(NS(=O)(=O)CC)C=C(Cl)C(=O)c2ccccc21. The lowest BCUT2D eigenvalue weighted by atomic mass is 9.92. The lowest BCUT2D eigenvalue weighted by molar-refractivity contribution is 0.103. The highest BCUT2D eigenvalue weighted by Gasteiger charge is 2.57. The van der Waals surface area contributed by atoms with Gasteiger partial charge in [-0.3, -0.25) is 9.36 Å². The van der Waals surface area contributed by atoms with Gasteiger partial charge in [0.05, 0.1) is 24.0 Å². The Morgan fingerprint density at radius 1 is 1.07 bits per heavy atom. The van der Waals surface area contributed by atoms with Crippen molar-refractivity contribution in [1.29, 1.82) is 0 Å². The second-order valence-corrected chi connectivity index (χ2v) is 11.6. The predicted molar refractivity (Wildman–Crippen MR) is 118 cm³/mol. The molecule has 0 aliphatic heterocycles. The van der Waals surface area contributed by atoms with Gasteiger partial charge in [-0.05, 0) is 25.8 Å². The zero-order valence-corrected chi connectivity index (χ0v) is 20.0. The van der Waals surface area contributed by atoms with E-state index in [1.807, 2.05) is 13.8 Å². The summed E-state index contributed by atoms with van der Waals surface area (Å²) in [4.78, 5) is 12.6. The van der Waals surface area contributed by atoms with Crippen molar-refractivity contribution in [2.24, 2.45) is 0 Å². The molecule has 168 valence electrons. The second-order valence-electron chi connectivity index (χ2n) is 7.01. The zero-order valence-electron chi connectivity index (χ0n) is 17.5. The first-order valence-corrected chi connectivity index (χ1v) is 13.7. The average molecular weight is 478 g/mol. The maximum absolute atomic E-state index is 14.3. The molecule has 10 heteroatoms. The number of unbranched alkanes of at least 4 members (excludes halogenated alkanes) is 2. The molecule has 0 heterocycles. The number of carbonyl (C=O) groups excluding carboxylic acids is 1. The zero-order chi connectivity index (χ0) is 22.4. The van der Waals surface area contributed by atoms with Crippen LogP contribution >= 0.6 is 19.2 Å². The van der Waals surface area contributed by atoms with E-state index in [1.54, 1.807) is 18.2 Å². The molecule has 1 atom stereocenters. The standard InChI is InChI=1S/C20H29ClNO6PS/c1-4-7-13-27-29(24,28-14-8-5-2)20(22-30(25,26)6-3)15-18(21)19(23)16-11-9-10-12-17(16)20/h9-12,15,22H,4-8,13-14H2,1-3H3. The summed E-state index contributed by atoms with van der Waals surface area (Å²) in [5.41, 5.74) is 0.356. The summed E-state index contributed by atoms with van der Waals surface area (Å²) < 4.78 is 53.7. The fourth-order valence-corrected chi connectivity index (χ4v) is 7.04. The molecule has 0 bridgehead atoms. The van der Waals surface area contributed by atoms with Crippen LogP contribution in [-0.4, -0.2) is 33.2 Å². The van der Waals surface area contributed by atoms with Gasteiger partial charge in [0.15, 0.2) is 5.28 Å². The van der Waals surface area contributed by atoms with Gasteiger partial charge < -0.3 is 9.05 Å². The molecule has 1 aromatic rings. The lowest BCUT2D eigenvalue weighted by Gasteiger charge is -2.40. The number of rotatable bonds is 12. The van der Waals surface area contributed by atoms with Crippen molar-refractivity contribution >= 4 is 35.0 Å². The topological polar surface area (TPSA) is 98.8 Å². The van der Waals surface area contributed by atoms with Crippen molar-refractivity contribution in [1.82, 2.24) is 4.72 Å². The third-order valence-electron chi connectivity index (χ3n) is 4.78. The molecule has 1 unspecified atom stereocenters. The van der Waals surface area contributed by atoms with Gasteiger partial charge in [-0.2, -0.15) is 4.72 Å². The Balaban J connectivity index is 2.76. The smallest absolute Gasteiger partial charge is 0.307 e. The van der Waals surface area contributed by atoms with Crippen molar-refractivity contribution in [3.63, 3.8) is 0 Å². The fraction of sp³-hybridized carbons (Fsp3) is 0.550. The van der Waals surface area contributed by atoms with Crippen LogP contribution in [0.2, 0.25) is 0 Å². The number of hydrogen-bond donors (Lipinski definition) is 1. The molecule has 1 aliphatic carbocycles. The molecule has 30 heavy (non-hydrogen) atoms. The summed E-state index contributed by atoms with van der Waals surface area (Å²) in [5.74, 6) is -0.743. The maximum Gasteiger partial charge on any atom is 0.360 e. The van der Waals surface area contributed by atoms with Gasteiger partial charge in [0.2, 0.25) is 15.8 Å². The van der Waals surface area contributed by atoms with Gasteiger partial charge in [0.1, 0.15) is 0 Å². The molecular weight excluding hydrogens is 449 g/mol. The molecule has 0 saturated heterocycles. The number of allylic oxidation sites excluding steroid dienone is 1. The molecule has 7 nitrogen and oxygen atoms in total. The highest BCUT2D eigenvalue weighted by atomic mass is 35.5. The minimum Gasteiger partial charge on any atom is -0.307 e. The van der Waals surface area contributed by atoms with E-state index in [4.69, 9.17) is 20.6 Å². The molecule has 0 amide bonds. The quantitative estimate of drug-likeness (QED) is 0.338. The molecule has 1 aromatic carbocycles. The van der Waals surface area contributed by atoms with Crippen molar-refractivity contribution in [2.45, 2.75) is 51.7 Å². The highest BCUT2D eigenvalue weighted by molar-refractivity contribution is 7.89. The van der Waals surface area contributed by atoms with Crippen LogP contribution in [-0.2, 0) is 28.9 Å². The Kier molecular flexibility index (Phi) is 8.86. The first-order valence-electron chi connectivity index (χ1n) is 10.1. The van der Waals surface area contributed by atoms with Gasteiger partial charge in [0.25, 0.3) is 0 Å². The largest absolute Gasteiger partial charge is 0.360 e. The highest BCUT2D eigenvalue weighted by Crippen LogP contribution is 2.66. The Bertz CT molecular complexity index is 934. The molecule has 0 aromatic heterocycles. The molecule has 0 saturated carbocycles. The third-order valence-corrected chi connectivity index (χ3v) is 8.99. The molecule has 1 N–H and O–H groups in total. The average Bonchev–Trinajstić information content (AvgIpc) is 2.72. The second kappa shape index (κ2) is 10.5. The van der Waals surface area contributed by atoms with Gasteiger partial charge in [-0.1, -0.05) is 62.6 Å². The Hall–Kier alpha value is -1.02. The van der Waals surface area contributed by atoms with Crippen LogP contribution in [0.4, 0.5) is 0 Å². The van der Waals surface area contributed by atoms with Gasteiger partial charge in [-0.15, -0.1) is 0 Å². The molecule has 0 fully saturated rings. The van der Waals surface area contributed by atoms with Crippen LogP contribution in [0, 0.1) is 0 Å². The van der Waals surface area contributed by atoms with Crippen LogP contribution in [0.15, 0.2) is 35.4 Å². The number of ketones is 1. The minimum absolute atomic E-state index is 0.108. The van der Waals surface area contributed by atoms with Crippen LogP contribution < -0.4 is 4.72 Å². The van der Waals surface area contributed by atoms with E-state index in [-0.39, 0.29) is 35.1 Å². The van der Waals surface area contributed by atoms with Crippen LogP contribution in [0.25, 0.3) is 0 Å². The van der Waals surface area contributed by atoms with E-state index in [2.05, 4.69) is 4.72 Å². The van der Waals surface area contributed by atoms with Crippen LogP contribution in [0.5, 0.6) is 0 Å². The van der Waals surface area contributed by atoms with E-state index in [9.17, 15) is 17.8 Å². The van der Waals surface area contributed by atoms with E-state index >= 15 is 0 Å². The maximum atomic E-state index is 14.3. The Morgan fingerprint density at radius 2 is 1.63 bits per heavy atom. The van der Waals surface area contributed by atoms with E-state index in [1.165, 1.54) is 19.1 Å². The van der Waals surface area contributed by atoms with Crippen molar-refractivity contribution < 1.29 is 26.8 Å². The molecule has 0 radical (unpaired) electrons. The minimum atomic E-state index is -4.19. The van der Waals surface area contributed by atoms with Crippen molar-refractivity contribution in [3.8, 4) is 0 Å².